The quantitative estimate of drug-likeness (QED) is 0.854. The Kier molecular flexibility index (Phi) is 2.46. The summed E-state index contributed by atoms with van der Waals surface area (Å²) in [6.45, 7) is 3.15. The molecule has 2 rings (SSSR count). The topological polar surface area (TPSA) is 33.4 Å². The van der Waals surface area contributed by atoms with Gasteiger partial charge in [0.25, 0.3) is 0 Å². The first-order chi connectivity index (χ1) is 7.47. The van der Waals surface area contributed by atoms with E-state index in [9.17, 15) is 13.9 Å². The fraction of sp³-hybridized carbons (Fsp3) is 0.333. The van der Waals surface area contributed by atoms with E-state index in [0.717, 1.165) is 6.07 Å². The van der Waals surface area contributed by atoms with Crippen molar-refractivity contribution in [1.29, 1.82) is 0 Å². The first kappa shape index (κ1) is 11.1. The van der Waals surface area contributed by atoms with Gasteiger partial charge in [-0.15, -0.1) is 0 Å². The number of halogens is 2. The summed E-state index contributed by atoms with van der Waals surface area (Å²) >= 11 is 0. The van der Waals surface area contributed by atoms with Gasteiger partial charge in [0.05, 0.1) is 12.9 Å². The van der Waals surface area contributed by atoms with Gasteiger partial charge in [0.15, 0.2) is 11.4 Å². The Balaban J connectivity index is 2.83. The number of hydrogen-bond donors (Lipinski definition) is 1. The Morgan fingerprint density at radius 1 is 1.31 bits per heavy atom. The van der Waals surface area contributed by atoms with E-state index in [0.29, 0.717) is 5.39 Å². The lowest BCUT2D eigenvalue weighted by Gasteiger charge is -2.23. The third kappa shape index (κ3) is 1.50. The molecule has 1 aromatic heterocycles. The maximum Gasteiger partial charge on any atom is 0.169 e. The predicted octanol–water partition coefficient (Wildman–Crippen LogP) is 2.98. The van der Waals surface area contributed by atoms with Crippen molar-refractivity contribution in [2.45, 2.75) is 19.3 Å². The van der Waals surface area contributed by atoms with Crippen LogP contribution in [-0.2, 0) is 5.41 Å². The lowest BCUT2D eigenvalue weighted by molar-refractivity contribution is 0.216. The van der Waals surface area contributed by atoms with Crippen LogP contribution in [0.4, 0.5) is 8.78 Å². The van der Waals surface area contributed by atoms with E-state index in [-0.39, 0.29) is 17.8 Å². The van der Waals surface area contributed by atoms with Crippen molar-refractivity contribution < 1.29 is 18.3 Å². The molecular formula is C12H12F2O2. The highest BCUT2D eigenvalue weighted by molar-refractivity contribution is 5.82. The van der Waals surface area contributed by atoms with Crippen LogP contribution in [0.1, 0.15) is 19.4 Å². The zero-order valence-corrected chi connectivity index (χ0v) is 9.05. The first-order valence-corrected chi connectivity index (χ1v) is 4.94. The van der Waals surface area contributed by atoms with E-state index in [4.69, 9.17) is 4.42 Å². The molecule has 0 spiro atoms. The fourth-order valence-electron chi connectivity index (χ4n) is 1.84. The van der Waals surface area contributed by atoms with Gasteiger partial charge in [-0.2, -0.15) is 0 Å². The van der Waals surface area contributed by atoms with E-state index in [1.807, 2.05) is 0 Å². The minimum atomic E-state index is -0.778. The molecule has 16 heavy (non-hydrogen) atoms. The number of rotatable bonds is 2. The second-order valence-corrected chi connectivity index (χ2v) is 4.42. The Bertz CT molecular complexity index is 529. The molecule has 1 aromatic carbocycles. The monoisotopic (exact) mass is 226 g/mol. The summed E-state index contributed by atoms with van der Waals surface area (Å²) in [5, 5.41) is 9.62. The normalized spacial score (nSPS) is 12.3. The number of benzene rings is 1. The lowest BCUT2D eigenvalue weighted by atomic mass is 9.83. The van der Waals surface area contributed by atoms with Crippen LogP contribution in [0.15, 0.2) is 22.8 Å². The van der Waals surface area contributed by atoms with Gasteiger partial charge < -0.3 is 9.52 Å². The molecule has 2 nitrogen and oxygen atoms in total. The third-order valence-electron chi connectivity index (χ3n) is 2.72. The van der Waals surface area contributed by atoms with Crippen LogP contribution in [0.2, 0.25) is 0 Å². The Hall–Kier alpha value is -1.42. The number of hydrogen-bond acceptors (Lipinski definition) is 2. The molecule has 0 aliphatic carbocycles. The number of aliphatic hydroxyl groups is 1. The zero-order valence-electron chi connectivity index (χ0n) is 9.05. The third-order valence-corrected chi connectivity index (χ3v) is 2.72. The van der Waals surface area contributed by atoms with Gasteiger partial charge in [0, 0.05) is 22.4 Å². The molecule has 4 heteroatoms. The van der Waals surface area contributed by atoms with Gasteiger partial charge >= 0.3 is 0 Å². The largest absolute Gasteiger partial charge is 0.461 e. The summed E-state index contributed by atoms with van der Waals surface area (Å²) in [6, 6.07) is 2.30. The van der Waals surface area contributed by atoms with Crippen molar-refractivity contribution >= 4 is 11.0 Å². The molecular weight excluding hydrogens is 214 g/mol. The van der Waals surface area contributed by atoms with Crippen molar-refractivity contribution in [3.63, 3.8) is 0 Å². The van der Waals surface area contributed by atoms with Crippen molar-refractivity contribution in [3.8, 4) is 0 Å². The molecule has 0 saturated carbocycles. The summed E-state index contributed by atoms with van der Waals surface area (Å²) in [5.74, 6) is -1.39. The predicted molar refractivity (Wildman–Crippen MR) is 56.2 cm³/mol. The number of furan rings is 1. The van der Waals surface area contributed by atoms with Crippen LogP contribution in [0.5, 0.6) is 0 Å². The average Bonchev–Trinajstić information content (AvgIpc) is 2.66. The summed E-state index contributed by atoms with van der Waals surface area (Å²) in [7, 11) is 0. The molecule has 0 radical (unpaired) electrons. The maximum atomic E-state index is 13.7. The standard InChI is InChI=1S/C12H12F2O2/c1-12(2,6-15)10-7-3-4-16-11(7)9(14)5-8(10)13/h3-5,15H,6H2,1-2H3. The Labute approximate surface area is 91.5 Å². The second-order valence-electron chi connectivity index (χ2n) is 4.42. The molecule has 0 aliphatic heterocycles. The van der Waals surface area contributed by atoms with E-state index in [1.54, 1.807) is 13.8 Å². The highest BCUT2D eigenvalue weighted by atomic mass is 19.1. The van der Waals surface area contributed by atoms with Crippen LogP contribution >= 0.6 is 0 Å². The average molecular weight is 226 g/mol. The van der Waals surface area contributed by atoms with Crippen molar-refractivity contribution in [3.05, 3.63) is 35.6 Å². The summed E-state index contributed by atoms with van der Waals surface area (Å²) < 4.78 is 32.1. The molecule has 0 saturated heterocycles. The second kappa shape index (κ2) is 3.56. The summed E-state index contributed by atoms with van der Waals surface area (Å²) in [5.41, 5.74) is -0.474. The Morgan fingerprint density at radius 3 is 2.62 bits per heavy atom. The van der Waals surface area contributed by atoms with Gasteiger partial charge in [0.2, 0.25) is 0 Å². The van der Waals surface area contributed by atoms with Gasteiger partial charge in [-0.05, 0) is 6.07 Å². The van der Waals surface area contributed by atoms with Crippen LogP contribution < -0.4 is 0 Å². The van der Waals surface area contributed by atoms with E-state index < -0.39 is 17.0 Å². The molecule has 0 bridgehead atoms. The van der Waals surface area contributed by atoms with E-state index >= 15 is 0 Å². The molecule has 1 N–H and O–H groups in total. The zero-order chi connectivity index (χ0) is 11.9. The summed E-state index contributed by atoms with van der Waals surface area (Å²) in [6.07, 6.45) is 1.31. The first-order valence-electron chi connectivity index (χ1n) is 4.94. The van der Waals surface area contributed by atoms with Crippen LogP contribution in [-0.4, -0.2) is 11.7 Å². The smallest absolute Gasteiger partial charge is 0.169 e. The Morgan fingerprint density at radius 2 is 2.00 bits per heavy atom. The minimum absolute atomic E-state index is 0.0259. The molecule has 2 aromatic rings. The van der Waals surface area contributed by atoms with Gasteiger partial charge in [-0.25, -0.2) is 8.78 Å². The molecule has 0 aliphatic rings. The van der Waals surface area contributed by atoms with Crippen LogP contribution in [0, 0.1) is 11.6 Å². The SMILES string of the molecule is CC(C)(CO)c1c(F)cc(F)c2occc12. The molecule has 86 valence electrons. The molecule has 0 amide bonds. The van der Waals surface area contributed by atoms with Gasteiger partial charge in [-0.1, -0.05) is 13.8 Å². The summed E-state index contributed by atoms with van der Waals surface area (Å²) in [4.78, 5) is 0. The fourth-order valence-corrected chi connectivity index (χ4v) is 1.84. The number of fused-ring (bicyclic) bond motifs is 1. The number of aliphatic hydroxyl groups excluding tert-OH is 1. The lowest BCUT2D eigenvalue weighted by Crippen LogP contribution is -2.24. The van der Waals surface area contributed by atoms with Crippen molar-refractivity contribution in [2.24, 2.45) is 0 Å². The van der Waals surface area contributed by atoms with Crippen molar-refractivity contribution in [2.75, 3.05) is 6.61 Å². The maximum absolute atomic E-state index is 13.7. The molecule has 0 fully saturated rings. The molecule has 1 heterocycles. The van der Waals surface area contributed by atoms with Crippen LogP contribution in [0.25, 0.3) is 11.0 Å². The molecule has 0 unspecified atom stereocenters. The van der Waals surface area contributed by atoms with E-state index in [1.165, 1.54) is 12.3 Å². The van der Waals surface area contributed by atoms with E-state index in [2.05, 4.69) is 0 Å². The molecule has 0 atom stereocenters. The van der Waals surface area contributed by atoms with Crippen molar-refractivity contribution in [1.82, 2.24) is 0 Å². The van der Waals surface area contributed by atoms with Crippen LogP contribution in [0.3, 0.4) is 0 Å². The highest BCUT2D eigenvalue weighted by Gasteiger charge is 2.28. The van der Waals surface area contributed by atoms with Gasteiger partial charge in [-0.3, -0.25) is 0 Å². The van der Waals surface area contributed by atoms with Gasteiger partial charge in [0.1, 0.15) is 5.82 Å². The minimum Gasteiger partial charge on any atom is -0.461 e. The highest BCUT2D eigenvalue weighted by Crippen LogP contribution is 2.34.